The Labute approximate surface area is 130 Å². The van der Waals surface area contributed by atoms with Crippen molar-refractivity contribution in [2.45, 2.75) is 13.5 Å². The van der Waals surface area contributed by atoms with Gasteiger partial charge in [-0.2, -0.15) is 0 Å². The molecule has 0 atom stereocenters. The Balaban J connectivity index is 2.18. The van der Waals surface area contributed by atoms with Gasteiger partial charge in [-0.05, 0) is 48.9 Å². The van der Waals surface area contributed by atoms with Crippen molar-refractivity contribution in [2.75, 3.05) is 0 Å². The number of benzene rings is 2. The molecule has 0 aliphatic rings. The van der Waals surface area contributed by atoms with Crippen LogP contribution in [0.15, 0.2) is 40.9 Å². The largest absolute Gasteiger partial charge is 0.489 e. The molecular weight excluding hydrogens is 341 g/mol. The van der Waals surface area contributed by atoms with Crippen molar-refractivity contribution in [1.29, 1.82) is 0 Å². The number of rotatable bonds is 4. The van der Waals surface area contributed by atoms with Gasteiger partial charge in [0, 0.05) is 15.6 Å². The molecule has 0 fully saturated rings. The summed E-state index contributed by atoms with van der Waals surface area (Å²) in [5.41, 5.74) is 7.58. The summed E-state index contributed by atoms with van der Waals surface area (Å²) in [6.07, 6.45) is 0. The molecule has 0 saturated heterocycles. The van der Waals surface area contributed by atoms with Crippen LogP contribution in [0.25, 0.3) is 0 Å². The summed E-state index contributed by atoms with van der Waals surface area (Å²) in [7, 11) is 0. The van der Waals surface area contributed by atoms with Gasteiger partial charge in [0.2, 0.25) is 0 Å². The van der Waals surface area contributed by atoms with E-state index in [0.29, 0.717) is 16.9 Å². The molecule has 5 heteroatoms. The first-order valence-electron chi connectivity index (χ1n) is 5.94. The molecule has 0 heterocycles. The molecule has 0 spiro atoms. The maximum absolute atomic E-state index is 13.7. The summed E-state index contributed by atoms with van der Waals surface area (Å²) < 4.78 is 20.4. The van der Waals surface area contributed by atoms with Gasteiger partial charge in [0.1, 0.15) is 23.2 Å². The summed E-state index contributed by atoms with van der Waals surface area (Å²) in [5, 5.41) is 0. The van der Waals surface area contributed by atoms with Gasteiger partial charge in [-0.1, -0.05) is 28.1 Å². The number of nitrogens with two attached hydrogens (primary N) is 1. The summed E-state index contributed by atoms with van der Waals surface area (Å²) in [6, 6.07) is 10.2. The van der Waals surface area contributed by atoms with Crippen molar-refractivity contribution >= 4 is 33.1 Å². The Morgan fingerprint density at radius 2 is 2.05 bits per heavy atom. The normalized spacial score (nSPS) is 10.3. The van der Waals surface area contributed by atoms with Gasteiger partial charge >= 0.3 is 0 Å². The van der Waals surface area contributed by atoms with E-state index in [4.69, 9.17) is 22.7 Å². The molecule has 2 aromatic carbocycles. The van der Waals surface area contributed by atoms with Crippen molar-refractivity contribution in [3.05, 3.63) is 63.4 Å². The number of hydrogen-bond donors (Lipinski definition) is 1. The van der Waals surface area contributed by atoms with Crippen LogP contribution in [0.1, 0.15) is 16.7 Å². The summed E-state index contributed by atoms with van der Waals surface area (Å²) in [4.78, 5) is 0.242. The SMILES string of the molecule is Cc1cc(Br)ccc1OCc1cc(C(N)=S)ccc1F. The maximum Gasteiger partial charge on any atom is 0.129 e. The molecule has 2 rings (SSSR count). The van der Waals surface area contributed by atoms with Crippen LogP contribution < -0.4 is 10.5 Å². The fourth-order valence-corrected chi connectivity index (χ4v) is 2.37. The van der Waals surface area contributed by atoms with E-state index in [0.717, 1.165) is 10.0 Å². The quantitative estimate of drug-likeness (QED) is 0.840. The Morgan fingerprint density at radius 3 is 2.70 bits per heavy atom. The fraction of sp³-hybridized carbons (Fsp3) is 0.133. The lowest BCUT2D eigenvalue weighted by Gasteiger charge is -2.11. The number of ether oxygens (including phenoxy) is 1. The van der Waals surface area contributed by atoms with Gasteiger partial charge < -0.3 is 10.5 Å². The van der Waals surface area contributed by atoms with Crippen molar-refractivity contribution in [3.8, 4) is 5.75 Å². The zero-order valence-corrected chi connectivity index (χ0v) is 13.2. The summed E-state index contributed by atoms with van der Waals surface area (Å²) in [5.74, 6) is 0.382. The Hall–Kier alpha value is -1.46. The van der Waals surface area contributed by atoms with E-state index >= 15 is 0 Å². The number of hydrogen-bond acceptors (Lipinski definition) is 2. The number of aryl methyl sites for hydroxylation is 1. The topological polar surface area (TPSA) is 35.2 Å². The van der Waals surface area contributed by atoms with E-state index in [1.807, 2.05) is 25.1 Å². The minimum atomic E-state index is -0.334. The third kappa shape index (κ3) is 3.55. The zero-order chi connectivity index (χ0) is 14.7. The monoisotopic (exact) mass is 353 g/mol. The van der Waals surface area contributed by atoms with Crippen LogP contribution in [-0.2, 0) is 6.61 Å². The van der Waals surface area contributed by atoms with Crippen molar-refractivity contribution in [2.24, 2.45) is 5.73 Å². The molecule has 0 saturated carbocycles. The third-order valence-corrected chi connectivity index (χ3v) is 3.58. The van der Waals surface area contributed by atoms with E-state index in [-0.39, 0.29) is 17.4 Å². The van der Waals surface area contributed by atoms with Crippen LogP contribution in [0.2, 0.25) is 0 Å². The second-order valence-electron chi connectivity index (χ2n) is 4.37. The highest BCUT2D eigenvalue weighted by atomic mass is 79.9. The van der Waals surface area contributed by atoms with E-state index < -0.39 is 0 Å². The van der Waals surface area contributed by atoms with Crippen LogP contribution in [0.5, 0.6) is 5.75 Å². The first kappa shape index (κ1) is 14.9. The highest BCUT2D eigenvalue weighted by Crippen LogP contribution is 2.23. The van der Waals surface area contributed by atoms with E-state index in [1.54, 1.807) is 12.1 Å². The molecule has 0 aliphatic heterocycles. The first-order valence-corrected chi connectivity index (χ1v) is 7.14. The number of halogens is 2. The first-order chi connectivity index (χ1) is 9.47. The molecule has 2 nitrogen and oxygen atoms in total. The van der Waals surface area contributed by atoms with E-state index in [2.05, 4.69) is 15.9 Å². The van der Waals surface area contributed by atoms with Crippen LogP contribution in [0.3, 0.4) is 0 Å². The van der Waals surface area contributed by atoms with Crippen LogP contribution in [0, 0.1) is 12.7 Å². The molecule has 0 unspecified atom stereocenters. The molecule has 20 heavy (non-hydrogen) atoms. The minimum absolute atomic E-state index is 0.130. The summed E-state index contributed by atoms with van der Waals surface area (Å²) in [6.45, 7) is 2.06. The van der Waals surface area contributed by atoms with Gasteiger partial charge in [-0.15, -0.1) is 0 Å². The lowest BCUT2D eigenvalue weighted by molar-refractivity contribution is 0.298. The van der Waals surface area contributed by atoms with Crippen molar-refractivity contribution < 1.29 is 9.13 Å². The predicted octanol–water partition coefficient (Wildman–Crippen LogP) is 4.11. The standard InChI is InChI=1S/C15H13BrFNOS/c1-9-6-12(16)3-5-14(9)19-8-11-7-10(15(18)20)2-4-13(11)17/h2-7H,8H2,1H3,(H2,18,20). The van der Waals surface area contributed by atoms with Crippen LogP contribution in [-0.4, -0.2) is 4.99 Å². The highest BCUT2D eigenvalue weighted by molar-refractivity contribution is 9.10. The van der Waals surface area contributed by atoms with Crippen molar-refractivity contribution in [3.63, 3.8) is 0 Å². The second-order valence-corrected chi connectivity index (χ2v) is 5.72. The molecular formula is C15H13BrFNOS. The van der Waals surface area contributed by atoms with Gasteiger partial charge in [0.25, 0.3) is 0 Å². The lowest BCUT2D eigenvalue weighted by Crippen LogP contribution is -2.11. The summed E-state index contributed by atoms with van der Waals surface area (Å²) >= 11 is 8.27. The van der Waals surface area contributed by atoms with Crippen molar-refractivity contribution in [1.82, 2.24) is 0 Å². The molecule has 0 radical (unpaired) electrons. The average molecular weight is 354 g/mol. The van der Waals surface area contributed by atoms with Gasteiger partial charge in [-0.25, -0.2) is 4.39 Å². The molecule has 0 bridgehead atoms. The highest BCUT2D eigenvalue weighted by Gasteiger charge is 2.07. The molecule has 0 aromatic heterocycles. The molecule has 2 N–H and O–H groups in total. The minimum Gasteiger partial charge on any atom is -0.489 e. The Kier molecular flexibility index (Phi) is 4.73. The maximum atomic E-state index is 13.7. The molecule has 104 valence electrons. The Bertz CT molecular complexity index is 660. The molecule has 0 aliphatic carbocycles. The molecule has 0 amide bonds. The second kappa shape index (κ2) is 6.33. The zero-order valence-electron chi connectivity index (χ0n) is 10.8. The Morgan fingerprint density at radius 1 is 1.30 bits per heavy atom. The third-order valence-electron chi connectivity index (χ3n) is 2.85. The van der Waals surface area contributed by atoms with Crippen LogP contribution in [0.4, 0.5) is 4.39 Å². The van der Waals surface area contributed by atoms with Crippen LogP contribution >= 0.6 is 28.1 Å². The predicted molar refractivity (Wildman–Crippen MR) is 85.5 cm³/mol. The molecule has 2 aromatic rings. The number of thiocarbonyl (C=S) groups is 1. The fourth-order valence-electron chi connectivity index (χ4n) is 1.77. The van der Waals surface area contributed by atoms with Gasteiger partial charge in [0.15, 0.2) is 0 Å². The van der Waals surface area contributed by atoms with E-state index in [1.165, 1.54) is 6.07 Å². The van der Waals surface area contributed by atoms with Gasteiger partial charge in [0.05, 0.1) is 0 Å². The van der Waals surface area contributed by atoms with Gasteiger partial charge in [-0.3, -0.25) is 0 Å². The van der Waals surface area contributed by atoms with E-state index in [9.17, 15) is 4.39 Å². The smallest absolute Gasteiger partial charge is 0.129 e. The average Bonchev–Trinajstić information content (AvgIpc) is 2.39. The lowest BCUT2D eigenvalue weighted by atomic mass is 10.1.